The molecule has 1 saturated heterocycles. The van der Waals surface area contributed by atoms with Crippen LogP contribution >= 0.6 is 0 Å². The summed E-state index contributed by atoms with van der Waals surface area (Å²) in [5.41, 5.74) is 1.69. The van der Waals surface area contributed by atoms with E-state index >= 15 is 0 Å². The largest absolute Gasteiger partial charge is 0.479 e. The Labute approximate surface area is 159 Å². The number of carboxylic acid groups (broad SMARTS) is 1. The van der Waals surface area contributed by atoms with Crippen LogP contribution in [-0.2, 0) is 32.4 Å². The van der Waals surface area contributed by atoms with Crippen LogP contribution in [0.1, 0.15) is 28.9 Å². The minimum atomic E-state index is -4.96. The van der Waals surface area contributed by atoms with E-state index in [0.29, 0.717) is 23.6 Å². The summed E-state index contributed by atoms with van der Waals surface area (Å²) < 4.78 is 37.0. The van der Waals surface area contributed by atoms with Gasteiger partial charge in [0.2, 0.25) is 0 Å². The number of hydroxylamine groups is 2. The first-order valence-electron chi connectivity index (χ1n) is 8.35. The van der Waals surface area contributed by atoms with Gasteiger partial charge in [0.15, 0.2) is 6.04 Å². The standard InChI is InChI=1S/C16H16N4O7S/c21-15(22)14-13-11(8-17-19(13)7-6-10-4-2-1-3-5-10)12-9-18(14)16(23)20(12)27-28(24,25)26/h1-5,8,12,14H,6-7,9H2,(H,21,22)(H,24,25,26)/t12-,14+/m1/s1. The molecule has 2 aliphatic rings. The normalized spacial score (nSPS) is 21.1. The van der Waals surface area contributed by atoms with Crippen molar-refractivity contribution in [1.82, 2.24) is 19.7 Å². The summed E-state index contributed by atoms with van der Waals surface area (Å²) in [6.07, 6.45) is 1.99. The van der Waals surface area contributed by atoms with E-state index in [-0.39, 0.29) is 12.2 Å². The van der Waals surface area contributed by atoms with Gasteiger partial charge in [-0.1, -0.05) is 30.3 Å². The van der Waals surface area contributed by atoms with Gasteiger partial charge in [-0.15, -0.1) is 4.28 Å². The second kappa shape index (κ2) is 6.58. The number of carbonyl (C=O) groups is 2. The number of hydrogen-bond donors (Lipinski definition) is 2. The molecule has 0 saturated carbocycles. The van der Waals surface area contributed by atoms with Crippen molar-refractivity contribution >= 4 is 22.4 Å². The highest BCUT2D eigenvalue weighted by molar-refractivity contribution is 7.80. The van der Waals surface area contributed by atoms with Gasteiger partial charge in [0, 0.05) is 12.1 Å². The number of fused-ring (bicyclic) bond motifs is 4. The highest BCUT2D eigenvalue weighted by Crippen LogP contribution is 2.44. The zero-order valence-corrected chi connectivity index (χ0v) is 15.2. The van der Waals surface area contributed by atoms with Crippen molar-refractivity contribution in [1.29, 1.82) is 0 Å². The molecule has 12 heteroatoms. The van der Waals surface area contributed by atoms with E-state index in [1.54, 1.807) is 0 Å². The zero-order chi connectivity index (χ0) is 20.1. The SMILES string of the molecule is O=C(O)[C@@H]1c2c(cnn2CCc2ccccc2)[C@H]2CN1C(=O)N2OS(=O)(=O)O. The molecule has 2 atom stereocenters. The molecule has 2 bridgehead atoms. The predicted octanol–water partition coefficient (Wildman–Crippen LogP) is 0.778. The van der Waals surface area contributed by atoms with Crippen LogP contribution in [-0.4, -0.2) is 56.4 Å². The molecule has 0 unspecified atom stereocenters. The van der Waals surface area contributed by atoms with Gasteiger partial charge < -0.3 is 10.0 Å². The van der Waals surface area contributed by atoms with Crippen molar-refractivity contribution in [2.45, 2.75) is 25.0 Å². The number of benzene rings is 1. The summed E-state index contributed by atoms with van der Waals surface area (Å²) in [5.74, 6) is -1.27. The topological polar surface area (TPSA) is 142 Å². The number of amides is 2. The number of aromatic nitrogens is 2. The van der Waals surface area contributed by atoms with Crippen molar-refractivity contribution in [3.8, 4) is 0 Å². The van der Waals surface area contributed by atoms with E-state index in [0.717, 1.165) is 10.5 Å². The van der Waals surface area contributed by atoms with Crippen LogP contribution in [0.15, 0.2) is 36.5 Å². The summed E-state index contributed by atoms with van der Waals surface area (Å²) >= 11 is 0. The van der Waals surface area contributed by atoms with Crippen LogP contribution in [0.4, 0.5) is 4.79 Å². The Morgan fingerprint density at radius 1 is 1.29 bits per heavy atom. The second-order valence-electron chi connectivity index (χ2n) is 6.46. The van der Waals surface area contributed by atoms with E-state index < -0.39 is 34.5 Å². The molecule has 0 spiro atoms. The van der Waals surface area contributed by atoms with Crippen molar-refractivity contribution in [2.75, 3.05) is 6.54 Å². The lowest BCUT2D eigenvalue weighted by atomic mass is 9.98. The van der Waals surface area contributed by atoms with Crippen LogP contribution in [0.25, 0.3) is 0 Å². The van der Waals surface area contributed by atoms with E-state index in [1.807, 2.05) is 30.3 Å². The molecule has 2 amide bonds. The first-order chi connectivity index (χ1) is 13.3. The molecule has 148 valence electrons. The molecule has 11 nitrogen and oxygen atoms in total. The van der Waals surface area contributed by atoms with Gasteiger partial charge in [-0.05, 0) is 12.0 Å². The number of nitrogens with zero attached hydrogens (tertiary/aromatic N) is 4. The van der Waals surface area contributed by atoms with Crippen molar-refractivity contribution in [3.63, 3.8) is 0 Å². The molecule has 1 aromatic heterocycles. The molecular formula is C16H16N4O7S. The van der Waals surface area contributed by atoms with Crippen LogP contribution in [0.2, 0.25) is 0 Å². The smallest absolute Gasteiger partial charge is 0.418 e. The van der Waals surface area contributed by atoms with Gasteiger partial charge in [-0.25, -0.2) is 9.59 Å². The fraction of sp³-hybridized carbons (Fsp3) is 0.312. The Morgan fingerprint density at radius 2 is 2.00 bits per heavy atom. The molecule has 3 heterocycles. The van der Waals surface area contributed by atoms with Gasteiger partial charge in [0.1, 0.15) is 6.04 Å². The summed E-state index contributed by atoms with van der Waals surface area (Å²) in [5, 5.41) is 14.4. The third-order valence-corrected chi connectivity index (χ3v) is 5.14. The lowest BCUT2D eigenvalue weighted by Crippen LogP contribution is -2.39. The molecule has 2 N–H and O–H groups in total. The Morgan fingerprint density at radius 3 is 2.64 bits per heavy atom. The molecule has 0 radical (unpaired) electrons. The minimum absolute atomic E-state index is 0.0945. The molecular weight excluding hydrogens is 392 g/mol. The fourth-order valence-corrected chi connectivity index (χ4v) is 4.02. The van der Waals surface area contributed by atoms with Gasteiger partial charge in [0.05, 0.1) is 18.4 Å². The Hall–Kier alpha value is -2.96. The average Bonchev–Trinajstić information content (AvgIpc) is 3.16. The van der Waals surface area contributed by atoms with E-state index in [1.165, 1.54) is 10.9 Å². The van der Waals surface area contributed by atoms with Gasteiger partial charge in [0.25, 0.3) is 0 Å². The molecule has 28 heavy (non-hydrogen) atoms. The first-order valence-corrected chi connectivity index (χ1v) is 9.72. The van der Waals surface area contributed by atoms with Crippen LogP contribution in [0, 0.1) is 0 Å². The lowest BCUT2D eigenvalue weighted by molar-refractivity contribution is -0.142. The van der Waals surface area contributed by atoms with Crippen molar-refractivity contribution in [3.05, 3.63) is 53.3 Å². The summed E-state index contributed by atoms with van der Waals surface area (Å²) in [7, 11) is -4.96. The molecule has 1 fully saturated rings. The number of aliphatic carboxylic acids is 1. The van der Waals surface area contributed by atoms with Crippen LogP contribution < -0.4 is 0 Å². The minimum Gasteiger partial charge on any atom is -0.479 e. The third-order valence-electron chi connectivity index (χ3n) is 4.79. The Kier molecular flexibility index (Phi) is 4.33. The first kappa shape index (κ1) is 18.4. The summed E-state index contributed by atoms with van der Waals surface area (Å²) in [6, 6.07) is 6.34. The number of hydrogen-bond acceptors (Lipinski definition) is 6. The monoisotopic (exact) mass is 408 g/mol. The maximum absolute atomic E-state index is 12.5. The predicted molar refractivity (Wildman–Crippen MR) is 92.1 cm³/mol. The molecule has 0 aliphatic carbocycles. The van der Waals surface area contributed by atoms with Gasteiger partial charge in [-0.3, -0.25) is 9.23 Å². The number of carboxylic acids is 1. The highest BCUT2D eigenvalue weighted by Gasteiger charge is 2.54. The highest BCUT2D eigenvalue weighted by atomic mass is 32.3. The maximum atomic E-state index is 12.5. The summed E-state index contributed by atoms with van der Waals surface area (Å²) in [6.45, 7) is 0.278. The number of carbonyl (C=O) groups excluding carboxylic acids is 1. The van der Waals surface area contributed by atoms with E-state index in [9.17, 15) is 23.1 Å². The van der Waals surface area contributed by atoms with Crippen LogP contribution in [0.5, 0.6) is 0 Å². The maximum Gasteiger partial charge on any atom is 0.418 e. The number of rotatable bonds is 6. The van der Waals surface area contributed by atoms with Crippen LogP contribution in [0.3, 0.4) is 0 Å². The molecule has 1 aromatic carbocycles. The van der Waals surface area contributed by atoms with Gasteiger partial charge >= 0.3 is 22.4 Å². The second-order valence-corrected chi connectivity index (χ2v) is 7.47. The van der Waals surface area contributed by atoms with Gasteiger partial charge in [-0.2, -0.15) is 18.6 Å². The summed E-state index contributed by atoms with van der Waals surface area (Å²) in [4.78, 5) is 25.4. The Bertz CT molecular complexity index is 1040. The fourth-order valence-electron chi connectivity index (χ4n) is 3.65. The number of aryl methyl sites for hydroxylation is 2. The molecule has 2 aromatic rings. The molecule has 4 rings (SSSR count). The van der Waals surface area contributed by atoms with E-state index in [2.05, 4.69) is 9.38 Å². The Balaban J connectivity index is 1.70. The number of urea groups is 1. The van der Waals surface area contributed by atoms with Crippen molar-refractivity contribution in [2.24, 2.45) is 0 Å². The van der Waals surface area contributed by atoms with E-state index in [4.69, 9.17) is 4.55 Å². The van der Waals surface area contributed by atoms with Crippen molar-refractivity contribution < 1.29 is 31.9 Å². The quantitative estimate of drug-likeness (QED) is 0.668. The zero-order valence-electron chi connectivity index (χ0n) is 14.4. The third kappa shape index (κ3) is 3.10. The molecule has 2 aliphatic heterocycles. The average molecular weight is 408 g/mol. The lowest BCUT2D eigenvalue weighted by Gasteiger charge is -2.28.